The van der Waals surface area contributed by atoms with E-state index in [1.54, 1.807) is 36.1 Å². The molecule has 2 amide bonds. The fraction of sp³-hybridized carbons (Fsp3) is 0.190. The van der Waals surface area contributed by atoms with Crippen LogP contribution in [0.3, 0.4) is 0 Å². The van der Waals surface area contributed by atoms with Crippen LogP contribution in [0.2, 0.25) is 0 Å². The van der Waals surface area contributed by atoms with Crippen molar-refractivity contribution in [3.63, 3.8) is 0 Å². The standard InChI is InChI=1S/C21H18F2N4O2/c1-27-8-7-24-20(27)19(12-3-2-4-13(22)9-12)26-21(29)16-11-18(28)25-17-10-14(23)5-6-15(16)17/h2-10,16,19H,11H2,1H3,(H,25,28)(H,26,29). The minimum atomic E-state index is -0.796. The molecule has 0 radical (unpaired) electrons. The van der Waals surface area contributed by atoms with Crippen LogP contribution in [0.5, 0.6) is 0 Å². The number of imidazole rings is 1. The highest BCUT2D eigenvalue weighted by Crippen LogP contribution is 2.34. The van der Waals surface area contributed by atoms with Gasteiger partial charge in [0.05, 0.1) is 5.92 Å². The Morgan fingerprint density at radius 2 is 2.03 bits per heavy atom. The number of benzene rings is 2. The Labute approximate surface area is 165 Å². The van der Waals surface area contributed by atoms with E-state index in [4.69, 9.17) is 0 Å². The molecule has 2 heterocycles. The summed E-state index contributed by atoms with van der Waals surface area (Å²) in [6.45, 7) is 0. The Hall–Kier alpha value is -3.55. The lowest BCUT2D eigenvalue weighted by Crippen LogP contribution is -2.38. The molecule has 0 saturated heterocycles. The van der Waals surface area contributed by atoms with Gasteiger partial charge in [0.2, 0.25) is 11.8 Å². The minimum Gasteiger partial charge on any atom is -0.342 e. The number of hydrogen-bond donors (Lipinski definition) is 2. The van der Waals surface area contributed by atoms with Crippen molar-refractivity contribution in [2.24, 2.45) is 7.05 Å². The number of carbonyl (C=O) groups excluding carboxylic acids is 2. The summed E-state index contributed by atoms with van der Waals surface area (Å²) >= 11 is 0. The molecule has 1 aliphatic heterocycles. The largest absolute Gasteiger partial charge is 0.342 e. The molecular weight excluding hydrogens is 378 g/mol. The van der Waals surface area contributed by atoms with Crippen LogP contribution in [0.4, 0.5) is 14.5 Å². The molecule has 2 aromatic carbocycles. The molecule has 0 bridgehead atoms. The van der Waals surface area contributed by atoms with Crippen LogP contribution in [-0.4, -0.2) is 21.4 Å². The zero-order valence-corrected chi connectivity index (χ0v) is 15.5. The summed E-state index contributed by atoms with van der Waals surface area (Å²) in [4.78, 5) is 29.5. The van der Waals surface area contributed by atoms with E-state index >= 15 is 0 Å². The second-order valence-corrected chi connectivity index (χ2v) is 6.93. The monoisotopic (exact) mass is 396 g/mol. The molecule has 2 unspecified atom stereocenters. The minimum absolute atomic E-state index is 0.0685. The van der Waals surface area contributed by atoms with Crippen LogP contribution >= 0.6 is 0 Å². The quantitative estimate of drug-likeness (QED) is 0.712. The average Bonchev–Trinajstić information content (AvgIpc) is 3.10. The van der Waals surface area contributed by atoms with E-state index in [9.17, 15) is 18.4 Å². The van der Waals surface area contributed by atoms with Gasteiger partial charge in [-0.25, -0.2) is 13.8 Å². The number of nitrogens with zero attached hydrogens (tertiary/aromatic N) is 2. The molecule has 29 heavy (non-hydrogen) atoms. The summed E-state index contributed by atoms with van der Waals surface area (Å²) in [5.74, 6) is -2.02. The molecule has 0 fully saturated rings. The number of carbonyl (C=O) groups is 2. The molecule has 8 heteroatoms. The summed E-state index contributed by atoms with van der Waals surface area (Å²) in [6, 6.07) is 9.11. The van der Waals surface area contributed by atoms with Gasteiger partial charge in [-0.2, -0.15) is 0 Å². The Morgan fingerprint density at radius 3 is 2.76 bits per heavy atom. The van der Waals surface area contributed by atoms with Crippen LogP contribution in [0.15, 0.2) is 54.9 Å². The van der Waals surface area contributed by atoms with E-state index in [2.05, 4.69) is 15.6 Å². The molecule has 0 spiro atoms. The van der Waals surface area contributed by atoms with Gasteiger partial charge in [0.1, 0.15) is 23.5 Å². The van der Waals surface area contributed by atoms with Crippen LogP contribution in [0, 0.1) is 11.6 Å². The Kier molecular flexibility index (Phi) is 4.84. The van der Waals surface area contributed by atoms with Gasteiger partial charge in [-0.3, -0.25) is 9.59 Å². The third-order valence-corrected chi connectivity index (χ3v) is 4.96. The number of aromatic nitrogens is 2. The van der Waals surface area contributed by atoms with E-state index in [1.807, 2.05) is 0 Å². The highest BCUT2D eigenvalue weighted by atomic mass is 19.1. The first-order chi connectivity index (χ1) is 13.9. The van der Waals surface area contributed by atoms with E-state index in [1.165, 1.54) is 30.3 Å². The predicted molar refractivity (Wildman–Crippen MR) is 102 cm³/mol. The molecule has 2 atom stereocenters. The molecule has 4 rings (SSSR count). The molecule has 148 valence electrons. The van der Waals surface area contributed by atoms with Crippen molar-refractivity contribution in [3.05, 3.63) is 83.4 Å². The van der Waals surface area contributed by atoms with Crippen LogP contribution in [0.25, 0.3) is 0 Å². The number of amides is 2. The highest BCUT2D eigenvalue weighted by Gasteiger charge is 2.33. The van der Waals surface area contributed by atoms with Crippen LogP contribution in [0.1, 0.15) is 35.3 Å². The van der Waals surface area contributed by atoms with Gasteiger partial charge < -0.3 is 15.2 Å². The maximum absolute atomic E-state index is 13.8. The Balaban J connectivity index is 1.69. The maximum Gasteiger partial charge on any atom is 0.229 e. The number of fused-ring (bicyclic) bond motifs is 1. The van der Waals surface area contributed by atoms with Crippen molar-refractivity contribution in [1.29, 1.82) is 0 Å². The van der Waals surface area contributed by atoms with Gasteiger partial charge in [0.15, 0.2) is 0 Å². The van der Waals surface area contributed by atoms with Crippen molar-refractivity contribution >= 4 is 17.5 Å². The topological polar surface area (TPSA) is 76.0 Å². The Morgan fingerprint density at radius 1 is 1.24 bits per heavy atom. The smallest absolute Gasteiger partial charge is 0.229 e. The first-order valence-electron chi connectivity index (χ1n) is 9.04. The average molecular weight is 396 g/mol. The van der Waals surface area contributed by atoms with Crippen molar-refractivity contribution in [2.75, 3.05) is 5.32 Å². The maximum atomic E-state index is 13.8. The van der Waals surface area contributed by atoms with Gasteiger partial charge in [0.25, 0.3) is 0 Å². The molecule has 0 saturated carbocycles. The zero-order valence-electron chi connectivity index (χ0n) is 15.5. The zero-order chi connectivity index (χ0) is 20.5. The summed E-state index contributed by atoms with van der Waals surface area (Å²) in [5, 5.41) is 5.48. The number of halogens is 2. The van der Waals surface area contributed by atoms with Crippen molar-refractivity contribution in [2.45, 2.75) is 18.4 Å². The number of hydrogen-bond acceptors (Lipinski definition) is 3. The lowest BCUT2D eigenvalue weighted by Gasteiger charge is -2.27. The summed E-state index contributed by atoms with van der Waals surface area (Å²) in [5.41, 5.74) is 1.33. The summed E-state index contributed by atoms with van der Waals surface area (Å²) < 4.78 is 29.1. The van der Waals surface area contributed by atoms with Crippen molar-refractivity contribution in [1.82, 2.24) is 14.9 Å². The van der Waals surface area contributed by atoms with Crippen molar-refractivity contribution < 1.29 is 18.4 Å². The van der Waals surface area contributed by atoms with E-state index in [-0.39, 0.29) is 18.0 Å². The summed E-state index contributed by atoms with van der Waals surface area (Å²) in [6.07, 6.45) is 3.24. The molecule has 1 aliphatic rings. The third kappa shape index (κ3) is 3.73. The van der Waals surface area contributed by atoms with Crippen LogP contribution < -0.4 is 10.6 Å². The van der Waals surface area contributed by atoms with Gasteiger partial charge >= 0.3 is 0 Å². The van der Waals surface area contributed by atoms with Crippen molar-refractivity contribution in [3.8, 4) is 0 Å². The van der Waals surface area contributed by atoms with E-state index < -0.39 is 29.5 Å². The first-order valence-corrected chi connectivity index (χ1v) is 9.04. The predicted octanol–water partition coefficient (Wildman–Crippen LogP) is 3.03. The second-order valence-electron chi connectivity index (χ2n) is 6.93. The van der Waals surface area contributed by atoms with Crippen LogP contribution in [-0.2, 0) is 16.6 Å². The molecule has 0 aliphatic carbocycles. The fourth-order valence-corrected chi connectivity index (χ4v) is 3.55. The number of nitrogens with one attached hydrogen (secondary N) is 2. The second kappa shape index (κ2) is 7.46. The Bertz CT molecular complexity index is 1100. The molecule has 6 nitrogen and oxygen atoms in total. The van der Waals surface area contributed by atoms with E-state index in [0.29, 0.717) is 17.0 Å². The SMILES string of the molecule is Cn1ccnc1C(NC(=O)C1CC(=O)Nc2cc(F)ccc21)c1cccc(F)c1. The van der Waals surface area contributed by atoms with Gasteiger partial charge in [-0.1, -0.05) is 18.2 Å². The molecular formula is C21H18F2N4O2. The molecule has 2 N–H and O–H groups in total. The number of aryl methyl sites for hydroxylation is 1. The number of anilines is 1. The van der Waals surface area contributed by atoms with Gasteiger partial charge in [0, 0.05) is 31.5 Å². The highest BCUT2D eigenvalue weighted by molar-refractivity contribution is 6.01. The molecule has 3 aromatic rings. The number of rotatable bonds is 4. The lowest BCUT2D eigenvalue weighted by atomic mass is 9.89. The lowest BCUT2D eigenvalue weighted by molar-refractivity contribution is -0.126. The summed E-state index contributed by atoms with van der Waals surface area (Å²) in [7, 11) is 1.77. The normalized spacial score (nSPS) is 16.7. The van der Waals surface area contributed by atoms with E-state index in [0.717, 1.165) is 0 Å². The first kappa shape index (κ1) is 18.8. The van der Waals surface area contributed by atoms with Gasteiger partial charge in [-0.15, -0.1) is 0 Å². The molecule has 1 aromatic heterocycles. The van der Waals surface area contributed by atoms with Gasteiger partial charge in [-0.05, 0) is 35.4 Å². The fourth-order valence-electron chi connectivity index (χ4n) is 3.55. The third-order valence-electron chi connectivity index (χ3n) is 4.96.